The molecule has 0 saturated carbocycles. The van der Waals surface area contributed by atoms with E-state index in [9.17, 15) is 5.11 Å². The molecule has 3 heterocycles. The van der Waals surface area contributed by atoms with Crippen molar-refractivity contribution in [2.45, 2.75) is 45.8 Å². The Kier molecular flexibility index (Phi) is 5.58. The summed E-state index contributed by atoms with van der Waals surface area (Å²) in [6.07, 6.45) is 4.48. The molecule has 1 saturated heterocycles. The molecule has 0 amide bonds. The molecule has 2 aromatic rings. The average Bonchev–Trinajstić information content (AvgIpc) is 3.04. The Hall–Kier alpha value is -1.79. The van der Waals surface area contributed by atoms with Crippen molar-refractivity contribution in [1.82, 2.24) is 20.0 Å². The molecule has 6 nitrogen and oxygen atoms in total. The van der Waals surface area contributed by atoms with Gasteiger partial charge in [0.1, 0.15) is 5.69 Å². The van der Waals surface area contributed by atoms with E-state index in [0.717, 1.165) is 38.0 Å². The van der Waals surface area contributed by atoms with Crippen LogP contribution in [-0.4, -0.2) is 44.3 Å². The third-order valence-corrected chi connectivity index (χ3v) is 4.61. The molecule has 3 rings (SSSR count). The smallest absolute Gasteiger partial charge is 0.241 e. The normalized spacial score (nSPS) is 18.2. The van der Waals surface area contributed by atoms with Crippen LogP contribution in [0.15, 0.2) is 28.9 Å². The minimum absolute atomic E-state index is 0.175. The van der Waals surface area contributed by atoms with Gasteiger partial charge < -0.3 is 9.63 Å². The maximum Gasteiger partial charge on any atom is 0.241 e. The highest BCUT2D eigenvalue weighted by atomic mass is 16.5. The number of aromatic nitrogens is 3. The minimum atomic E-state index is -0.175. The number of nitrogens with zero attached hydrogens (tertiary/aromatic N) is 4. The van der Waals surface area contributed by atoms with E-state index in [0.29, 0.717) is 30.1 Å². The van der Waals surface area contributed by atoms with Crippen molar-refractivity contribution in [3.63, 3.8) is 0 Å². The second-order valence-electron chi connectivity index (χ2n) is 7.04. The third-order valence-electron chi connectivity index (χ3n) is 4.61. The zero-order valence-corrected chi connectivity index (χ0v) is 14.4. The van der Waals surface area contributed by atoms with Crippen molar-refractivity contribution < 1.29 is 9.63 Å². The molecule has 0 spiro atoms. The maximum atomic E-state index is 10.3. The van der Waals surface area contributed by atoms with Crippen LogP contribution in [-0.2, 0) is 6.54 Å². The Morgan fingerprint density at radius 1 is 1.29 bits per heavy atom. The Labute approximate surface area is 142 Å². The van der Waals surface area contributed by atoms with E-state index < -0.39 is 0 Å². The number of pyridine rings is 1. The van der Waals surface area contributed by atoms with Crippen LogP contribution in [0, 0.1) is 11.8 Å². The fourth-order valence-electron chi connectivity index (χ4n) is 3.28. The van der Waals surface area contributed by atoms with Crippen molar-refractivity contribution in [2.24, 2.45) is 11.8 Å². The van der Waals surface area contributed by atoms with Crippen molar-refractivity contribution in [3.05, 3.63) is 30.3 Å². The van der Waals surface area contributed by atoms with Gasteiger partial charge in [0.15, 0.2) is 0 Å². The quantitative estimate of drug-likeness (QED) is 0.878. The van der Waals surface area contributed by atoms with Gasteiger partial charge in [-0.1, -0.05) is 25.1 Å². The number of piperidine rings is 1. The lowest BCUT2D eigenvalue weighted by Crippen LogP contribution is -2.37. The van der Waals surface area contributed by atoms with E-state index in [4.69, 9.17) is 4.52 Å². The van der Waals surface area contributed by atoms with Gasteiger partial charge in [0.05, 0.1) is 12.6 Å². The molecular weight excluding hydrogens is 304 g/mol. The number of hydrogen-bond acceptors (Lipinski definition) is 6. The Morgan fingerprint density at radius 3 is 2.75 bits per heavy atom. The molecular formula is C18H26N4O2. The van der Waals surface area contributed by atoms with Gasteiger partial charge in [-0.3, -0.25) is 9.88 Å². The molecule has 6 heteroatoms. The molecule has 1 unspecified atom stereocenters. The summed E-state index contributed by atoms with van der Waals surface area (Å²) in [4.78, 5) is 11.0. The summed E-state index contributed by atoms with van der Waals surface area (Å²) in [7, 11) is 0. The highest BCUT2D eigenvalue weighted by Crippen LogP contribution is 2.25. The molecule has 1 atom stereocenters. The van der Waals surface area contributed by atoms with Crippen LogP contribution in [0.25, 0.3) is 11.5 Å². The molecule has 1 aliphatic rings. The summed E-state index contributed by atoms with van der Waals surface area (Å²) < 4.78 is 5.36. The second-order valence-corrected chi connectivity index (χ2v) is 7.04. The first-order valence-corrected chi connectivity index (χ1v) is 8.76. The predicted octanol–water partition coefficient (Wildman–Crippen LogP) is 2.75. The molecule has 2 aromatic heterocycles. The molecule has 0 bridgehead atoms. The first-order valence-electron chi connectivity index (χ1n) is 8.76. The fraction of sp³-hybridized carbons (Fsp3) is 0.611. The number of aliphatic hydroxyl groups excluding tert-OH is 1. The summed E-state index contributed by atoms with van der Waals surface area (Å²) in [6, 6.07) is 5.64. The van der Waals surface area contributed by atoms with E-state index in [1.165, 1.54) is 0 Å². The number of rotatable bonds is 6. The Balaban J connectivity index is 1.51. The van der Waals surface area contributed by atoms with E-state index >= 15 is 0 Å². The summed E-state index contributed by atoms with van der Waals surface area (Å²) in [6.45, 7) is 6.90. The van der Waals surface area contributed by atoms with Crippen LogP contribution < -0.4 is 0 Å². The van der Waals surface area contributed by atoms with Crippen molar-refractivity contribution >= 4 is 0 Å². The van der Waals surface area contributed by atoms with Crippen LogP contribution in [0.4, 0.5) is 0 Å². The van der Waals surface area contributed by atoms with Crippen LogP contribution in [0.5, 0.6) is 0 Å². The highest BCUT2D eigenvalue weighted by Gasteiger charge is 2.26. The number of hydrogen-bond donors (Lipinski definition) is 1. The van der Waals surface area contributed by atoms with Crippen LogP contribution in [0.1, 0.15) is 39.0 Å². The largest absolute Gasteiger partial charge is 0.393 e. The summed E-state index contributed by atoms with van der Waals surface area (Å²) in [5, 5.41) is 14.3. The minimum Gasteiger partial charge on any atom is -0.393 e. The number of aliphatic hydroxyl groups is 1. The van der Waals surface area contributed by atoms with Crippen molar-refractivity contribution in [3.8, 4) is 11.5 Å². The van der Waals surface area contributed by atoms with Gasteiger partial charge in [0.25, 0.3) is 0 Å². The van der Waals surface area contributed by atoms with Gasteiger partial charge in [-0.25, -0.2) is 0 Å². The zero-order valence-electron chi connectivity index (χ0n) is 14.4. The van der Waals surface area contributed by atoms with Gasteiger partial charge in [0.2, 0.25) is 11.7 Å². The molecule has 1 N–H and O–H groups in total. The maximum absolute atomic E-state index is 10.3. The lowest BCUT2D eigenvalue weighted by Gasteiger charge is -2.33. The molecule has 0 aliphatic carbocycles. The first-order chi connectivity index (χ1) is 11.6. The molecule has 1 fully saturated rings. The summed E-state index contributed by atoms with van der Waals surface area (Å²) >= 11 is 0. The van der Waals surface area contributed by atoms with E-state index in [1.54, 1.807) is 6.20 Å². The monoisotopic (exact) mass is 330 g/mol. The summed E-state index contributed by atoms with van der Waals surface area (Å²) in [5.74, 6) is 2.11. The Morgan fingerprint density at radius 2 is 2.08 bits per heavy atom. The predicted molar refractivity (Wildman–Crippen MR) is 91.0 cm³/mol. The lowest BCUT2D eigenvalue weighted by molar-refractivity contribution is 0.0413. The molecule has 24 heavy (non-hydrogen) atoms. The van der Waals surface area contributed by atoms with Gasteiger partial charge >= 0.3 is 0 Å². The van der Waals surface area contributed by atoms with E-state index in [-0.39, 0.29) is 6.10 Å². The highest BCUT2D eigenvalue weighted by molar-refractivity contribution is 5.46. The third kappa shape index (κ3) is 4.39. The van der Waals surface area contributed by atoms with Gasteiger partial charge in [0, 0.05) is 6.20 Å². The number of likely N-dealkylation sites (tertiary alicyclic amines) is 1. The van der Waals surface area contributed by atoms with E-state index in [2.05, 4.69) is 33.9 Å². The van der Waals surface area contributed by atoms with Crippen LogP contribution in [0.3, 0.4) is 0 Å². The fourth-order valence-corrected chi connectivity index (χ4v) is 3.28. The standard InChI is InChI=1S/C18H26N4O2/c1-13(2)11-16(23)14-6-9-22(10-7-14)12-17-20-18(21-24-17)15-5-3-4-8-19-15/h3-5,8,13-14,16,23H,6-7,9-12H2,1-2H3. The lowest BCUT2D eigenvalue weighted by atomic mass is 9.87. The van der Waals surface area contributed by atoms with E-state index in [1.807, 2.05) is 18.2 Å². The van der Waals surface area contributed by atoms with Gasteiger partial charge in [-0.2, -0.15) is 4.98 Å². The second kappa shape index (κ2) is 7.85. The zero-order chi connectivity index (χ0) is 16.9. The van der Waals surface area contributed by atoms with Crippen LogP contribution in [0.2, 0.25) is 0 Å². The molecule has 130 valence electrons. The molecule has 0 radical (unpaired) electrons. The average molecular weight is 330 g/mol. The van der Waals surface area contributed by atoms with Crippen molar-refractivity contribution in [2.75, 3.05) is 13.1 Å². The van der Waals surface area contributed by atoms with Gasteiger partial charge in [-0.15, -0.1) is 0 Å². The summed E-state index contributed by atoms with van der Waals surface area (Å²) in [5.41, 5.74) is 0.725. The Bertz CT molecular complexity index is 621. The first kappa shape index (κ1) is 17.0. The van der Waals surface area contributed by atoms with Gasteiger partial charge in [-0.05, 0) is 56.3 Å². The van der Waals surface area contributed by atoms with Crippen LogP contribution >= 0.6 is 0 Å². The molecule has 0 aromatic carbocycles. The topological polar surface area (TPSA) is 75.3 Å². The van der Waals surface area contributed by atoms with Crippen molar-refractivity contribution in [1.29, 1.82) is 0 Å². The molecule has 1 aliphatic heterocycles. The SMILES string of the molecule is CC(C)CC(O)C1CCN(Cc2nc(-c3ccccn3)no2)CC1.